The third-order valence-corrected chi connectivity index (χ3v) is 5.41. The van der Waals surface area contributed by atoms with Crippen molar-refractivity contribution in [1.82, 2.24) is 9.78 Å². The highest BCUT2D eigenvalue weighted by Crippen LogP contribution is 2.36. The lowest BCUT2D eigenvalue weighted by Crippen LogP contribution is -2.25. The number of halogens is 3. The summed E-state index contributed by atoms with van der Waals surface area (Å²) >= 11 is 1.15. The second-order valence-corrected chi connectivity index (χ2v) is 7.17. The summed E-state index contributed by atoms with van der Waals surface area (Å²) in [7, 11) is 1.25. The normalized spacial score (nSPS) is 21.9. The fourth-order valence-electron chi connectivity index (χ4n) is 3.06. The highest BCUT2D eigenvalue weighted by Gasteiger charge is 2.35. The number of aliphatic hydroxyl groups excluding tert-OH is 1. The van der Waals surface area contributed by atoms with E-state index < -0.39 is 18.0 Å². The SMILES string of the molecule is Cn1nc(-c2ccc(C(=O)C3CCCC(O)C3)s2)cc1C(F)(F)F. The third-order valence-electron chi connectivity index (χ3n) is 4.29. The molecule has 1 aliphatic carbocycles. The maximum absolute atomic E-state index is 12.9. The first-order valence-corrected chi connectivity index (χ1v) is 8.51. The van der Waals surface area contributed by atoms with Gasteiger partial charge in [-0.3, -0.25) is 9.48 Å². The minimum absolute atomic E-state index is 0.0445. The predicted octanol–water partition coefficient (Wildman–Crippen LogP) is 3.90. The second-order valence-electron chi connectivity index (χ2n) is 6.08. The van der Waals surface area contributed by atoms with E-state index in [0.29, 0.717) is 22.6 Å². The summed E-state index contributed by atoms with van der Waals surface area (Å²) in [5.41, 5.74) is -0.619. The van der Waals surface area contributed by atoms with Gasteiger partial charge in [0.05, 0.1) is 15.9 Å². The van der Waals surface area contributed by atoms with Gasteiger partial charge in [0.25, 0.3) is 0 Å². The number of rotatable bonds is 3. The number of hydrogen-bond acceptors (Lipinski definition) is 4. The van der Waals surface area contributed by atoms with E-state index in [1.165, 1.54) is 7.05 Å². The van der Waals surface area contributed by atoms with Gasteiger partial charge in [-0.15, -0.1) is 11.3 Å². The molecule has 1 aliphatic rings. The van der Waals surface area contributed by atoms with Crippen molar-refractivity contribution < 1.29 is 23.1 Å². The van der Waals surface area contributed by atoms with Crippen LogP contribution in [0.4, 0.5) is 13.2 Å². The molecule has 24 heavy (non-hydrogen) atoms. The lowest BCUT2D eigenvalue weighted by atomic mass is 9.84. The van der Waals surface area contributed by atoms with Gasteiger partial charge >= 0.3 is 6.18 Å². The van der Waals surface area contributed by atoms with Crippen LogP contribution in [0.2, 0.25) is 0 Å². The summed E-state index contributed by atoms with van der Waals surface area (Å²) in [5, 5.41) is 13.6. The smallest absolute Gasteiger partial charge is 0.393 e. The highest BCUT2D eigenvalue weighted by molar-refractivity contribution is 7.17. The zero-order chi connectivity index (χ0) is 17.5. The number of Topliss-reactive ketones (excluding diaryl/α,β-unsaturated/α-hetero) is 1. The Kier molecular flexibility index (Phi) is 4.52. The van der Waals surface area contributed by atoms with E-state index in [9.17, 15) is 23.1 Å². The van der Waals surface area contributed by atoms with Crippen LogP contribution in [0.5, 0.6) is 0 Å². The molecule has 1 N–H and O–H groups in total. The zero-order valence-corrected chi connectivity index (χ0v) is 13.8. The molecule has 1 saturated carbocycles. The van der Waals surface area contributed by atoms with Crippen molar-refractivity contribution in [2.24, 2.45) is 13.0 Å². The van der Waals surface area contributed by atoms with Gasteiger partial charge in [0, 0.05) is 13.0 Å². The molecule has 0 amide bonds. The van der Waals surface area contributed by atoms with Crippen molar-refractivity contribution in [2.75, 3.05) is 0 Å². The van der Waals surface area contributed by atoms with E-state index in [1.807, 2.05) is 0 Å². The fourth-order valence-corrected chi connectivity index (χ4v) is 4.04. The second kappa shape index (κ2) is 6.33. The Labute approximate surface area is 140 Å². The van der Waals surface area contributed by atoms with Gasteiger partial charge in [-0.05, 0) is 37.5 Å². The molecule has 4 nitrogen and oxygen atoms in total. The standard InChI is InChI=1S/C16H17F3N2O2S/c1-21-14(16(17,18)19)8-11(20-21)12-5-6-13(24-12)15(23)9-3-2-4-10(22)7-9/h5-6,8-10,22H,2-4,7H2,1H3. The number of thiophene rings is 1. The molecule has 2 heterocycles. The van der Waals surface area contributed by atoms with Crippen LogP contribution in [-0.2, 0) is 13.2 Å². The summed E-state index contributed by atoms with van der Waals surface area (Å²) in [6, 6.07) is 4.25. The Hall–Kier alpha value is -1.67. The van der Waals surface area contributed by atoms with Crippen LogP contribution in [0.3, 0.4) is 0 Å². The molecule has 0 bridgehead atoms. The Morgan fingerprint density at radius 1 is 1.38 bits per heavy atom. The minimum Gasteiger partial charge on any atom is -0.393 e. The van der Waals surface area contributed by atoms with Crippen molar-refractivity contribution in [3.8, 4) is 10.6 Å². The van der Waals surface area contributed by atoms with Crippen molar-refractivity contribution in [3.05, 3.63) is 28.8 Å². The molecule has 2 atom stereocenters. The molecular weight excluding hydrogens is 341 g/mol. The Morgan fingerprint density at radius 2 is 2.12 bits per heavy atom. The molecule has 0 saturated heterocycles. The molecule has 8 heteroatoms. The Bertz CT molecular complexity index is 751. The molecule has 2 aromatic heterocycles. The first-order valence-electron chi connectivity index (χ1n) is 7.69. The van der Waals surface area contributed by atoms with Gasteiger partial charge in [0.2, 0.25) is 0 Å². The zero-order valence-electron chi connectivity index (χ0n) is 13.0. The van der Waals surface area contributed by atoms with E-state index in [4.69, 9.17) is 0 Å². The molecule has 0 aromatic carbocycles. The first kappa shape index (κ1) is 17.2. The molecular formula is C16H17F3N2O2S. The van der Waals surface area contributed by atoms with E-state index in [-0.39, 0.29) is 17.4 Å². The van der Waals surface area contributed by atoms with Crippen LogP contribution in [0.1, 0.15) is 41.0 Å². The van der Waals surface area contributed by atoms with Crippen LogP contribution < -0.4 is 0 Å². The molecule has 0 aliphatic heterocycles. The van der Waals surface area contributed by atoms with Gasteiger partial charge in [-0.1, -0.05) is 6.42 Å². The van der Waals surface area contributed by atoms with Crippen LogP contribution in [0.15, 0.2) is 18.2 Å². The molecule has 2 aromatic rings. The largest absolute Gasteiger partial charge is 0.433 e. The monoisotopic (exact) mass is 358 g/mol. The van der Waals surface area contributed by atoms with Gasteiger partial charge in [-0.2, -0.15) is 18.3 Å². The molecule has 2 unspecified atom stereocenters. The van der Waals surface area contributed by atoms with Crippen molar-refractivity contribution in [1.29, 1.82) is 0 Å². The highest BCUT2D eigenvalue weighted by atomic mass is 32.1. The number of aryl methyl sites for hydroxylation is 1. The van der Waals surface area contributed by atoms with E-state index >= 15 is 0 Å². The van der Waals surface area contributed by atoms with Gasteiger partial charge < -0.3 is 5.11 Å². The lowest BCUT2D eigenvalue weighted by Gasteiger charge is -2.24. The van der Waals surface area contributed by atoms with Crippen molar-refractivity contribution in [2.45, 2.75) is 38.0 Å². The van der Waals surface area contributed by atoms with Crippen LogP contribution >= 0.6 is 11.3 Å². The van der Waals surface area contributed by atoms with Crippen LogP contribution in [-0.4, -0.2) is 26.8 Å². The number of hydrogen-bond donors (Lipinski definition) is 1. The number of nitrogens with zero attached hydrogens (tertiary/aromatic N) is 2. The summed E-state index contributed by atoms with van der Waals surface area (Å²) in [4.78, 5) is 13.5. The number of aliphatic hydroxyl groups is 1. The summed E-state index contributed by atoms with van der Waals surface area (Å²) < 4.78 is 39.4. The summed E-state index contributed by atoms with van der Waals surface area (Å²) in [6.07, 6.45) is -2.19. The molecule has 1 fully saturated rings. The van der Waals surface area contributed by atoms with E-state index in [1.54, 1.807) is 12.1 Å². The number of ketones is 1. The molecule has 3 rings (SSSR count). The van der Waals surface area contributed by atoms with E-state index in [2.05, 4.69) is 5.10 Å². The topological polar surface area (TPSA) is 55.1 Å². The maximum Gasteiger partial charge on any atom is 0.433 e. The number of carbonyl (C=O) groups excluding carboxylic acids is 1. The van der Waals surface area contributed by atoms with Gasteiger partial charge in [0.1, 0.15) is 11.4 Å². The summed E-state index contributed by atoms with van der Waals surface area (Å²) in [5.74, 6) is -0.258. The number of carbonyl (C=O) groups is 1. The van der Waals surface area contributed by atoms with Crippen molar-refractivity contribution in [3.63, 3.8) is 0 Å². The molecule has 130 valence electrons. The lowest BCUT2D eigenvalue weighted by molar-refractivity contribution is -0.143. The quantitative estimate of drug-likeness (QED) is 0.847. The first-order chi connectivity index (χ1) is 11.3. The van der Waals surface area contributed by atoms with E-state index in [0.717, 1.165) is 34.9 Å². The predicted molar refractivity (Wildman–Crippen MR) is 83.8 cm³/mol. The molecule has 0 radical (unpaired) electrons. The van der Waals surface area contributed by atoms with Crippen LogP contribution in [0, 0.1) is 5.92 Å². The van der Waals surface area contributed by atoms with Crippen molar-refractivity contribution >= 4 is 17.1 Å². The fraction of sp³-hybridized carbons (Fsp3) is 0.500. The average molecular weight is 358 g/mol. The van der Waals surface area contributed by atoms with Gasteiger partial charge in [-0.25, -0.2) is 0 Å². The van der Waals surface area contributed by atoms with Crippen LogP contribution in [0.25, 0.3) is 10.6 Å². The Balaban J connectivity index is 1.82. The number of alkyl halides is 3. The average Bonchev–Trinajstić information content (AvgIpc) is 3.12. The summed E-state index contributed by atoms with van der Waals surface area (Å²) in [6.45, 7) is 0. The minimum atomic E-state index is -4.46. The molecule has 0 spiro atoms. The Morgan fingerprint density at radius 3 is 2.75 bits per heavy atom. The third kappa shape index (κ3) is 3.39. The number of aromatic nitrogens is 2. The maximum atomic E-state index is 12.9. The van der Waals surface area contributed by atoms with Gasteiger partial charge in [0.15, 0.2) is 5.78 Å².